The van der Waals surface area contributed by atoms with E-state index in [0.717, 1.165) is 35.1 Å². The van der Waals surface area contributed by atoms with Crippen molar-refractivity contribution in [3.05, 3.63) is 54.3 Å². The Kier molecular flexibility index (Phi) is 4.92. The summed E-state index contributed by atoms with van der Waals surface area (Å²) in [5.74, 6) is -0.394. The average molecular weight is 288 g/mol. The molecule has 2 rings (SSSR count). The zero-order valence-electron chi connectivity index (χ0n) is 11.8. The Morgan fingerprint density at radius 1 is 1.35 bits per heavy atom. The molecule has 1 atom stereocenters. The van der Waals surface area contributed by atoms with Crippen LogP contribution in [0.2, 0.25) is 0 Å². The summed E-state index contributed by atoms with van der Waals surface area (Å²) in [6.07, 6.45) is 6.18. The highest BCUT2D eigenvalue weighted by atomic mass is 28.1. The molecule has 1 aromatic rings. The van der Waals surface area contributed by atoms with Gasteiger partial charge in [0.05, 0.1) is 17.1 Å². The van der Waals surface area contributed by atoms with Gasteiger partial charge in [0.25, 0.3) is 0 Å². The molecule has 0 radical (unpaired) electrons. The van der Waals surface area contributed by atoms with Crippen molar-refractivity contribution in [3.63, 3.8) is 0 Å². The van der Waals surface area contributed by atoms with E-state index in [1.165, 1.54) is 6.26 Å². The number of hydrogen-bond acceptors (Lipinski definition) is 3. The Bertz CT molecular complexity index is 502. The second kappa shape index (κ2) is 6.68. The summed E-state index contributed by atoms with van der Waals surface area (Å²) in [7, 11) is 0.749. The van der Waals surface area contributed by atoms with E-state index in [-0.39, 0.29) is 0 Å². The highest BCUT2D eigenvalue weighted by Gasteiger charge is 2.35. The molecule has 0 bridgehead atoms. The predicted octanol–water partition coefficient (Wildman–Crippen LogP) is 2.02. The Morgan fingerprint density at radius 2 is 2.10 bits per heavy atom. The van der Waals surface area contributed by atoms with Crippen molar-refractivity contribution in [1.82, 2.24) is 0 Å². The lowest BCUT2D eigenvalue weighted by Crippen LogP contribution is -2.41. The van der Waals surface area contributed by atoms with Gasteiger partial charge in [0.1, 0.15) is 0 Å². The second-order valence-electron chi connectivity index (χ2n) is 5.13. The lowest BCUT2D eigenvalue weighted by molar-refractivity contribution is -0.136. The topological polar surface area (TPSA) is 35.5 Å². The maximum Gasteiger partial charge on any atom is 0.340 e. The van der Waals surface area contributed by atoms with E-state index >= 15 is 0 Å². The summed E-state index contributed by atoms with van der Waals surface area (Å²) in [4.78, 5) is 12.0. The van der Waals surface area contributed by atoms with Crippen molar-refractivity contribution in [2.24, 2.45) is 0 Å². The van der Waals surface area contributed by atoms with Crippen LogP contribution in [-0.2, 0) is 14.3 Å². The molecule has 0 aliphatic carbocycles. The lowest BCUT2D eigenvalue weighted by atomic mass is 10.0. The van der Waals surface area contributed by atoms with E-state index in [1.54, 1.807) is 6.08 Å². The third kappa shape index (κ3) is 3.68. The molecule has 0 aromatic heterocycles. The molecule has 0 N–H and O–H groups in total. The van der Waals surface area contributed by atoms with E-state index in [4.69, 9.17) is 9.47 Å². The fourth-order valence-electron chi connectivity index (χ4n) is 2.20. The fourth-order valence-corrected chi connectivity index (χ4v) is 2.96. The number of hydrogen-bond donors (Lipinski definition) is 0. The summed E-state index contributed by atoms with van der Waals surface area (Å²) >= 11 is 0. The first-order valence-corrected chi connectivity index (χ1v) is 7.88. The van der Waals surface area contributed by atoms with E-state index in [2.05, 4.69) is 6.58 Å². The van der Waals surface area contributed by atoms with Crippen molar-refractivity contribution < 1.29 is 14.3 Å². The van der Waals surface area contributed by atoms with Crippen LogP contribution < -0.4 is 0 Å². The molecule has 1 heterocycles. The zero-order valence-corrected chi connectivity index (χ0v) is 13.8. The van der Waals surface area contributed by atoms with Crippen LogP contribution in [0, 0.1) is 0 Å². The summed E-state index contributed by atoms with van der Waals surface area (Å²) in [5.41, 5.74) is 1.43. The van der Waals surface area contributed by atoms with Gasteiger partial charge < -0.3 is 9.47 Å². The van der Waals surface area contributed by atoms with Gasteiger partial charge in [-0.05, 0) is 30.9 Å². The van der Waals surface area contributed by atoms with Crippen molar-refractivity contribution in [2.45, 2.75) is 24.5 Å². The molecule has 1 aliphatic heterocycles. The minimum absolute atomic E-state index is 0.394. The monoisotopic (exact) mass is 288 g/mol. The quantitative estimate of drug-likeness (QED) is 0.368. The van der Waals surface area contributed by atoms with Gasteiger partial charge in [0, 0.05) is 16.8 Å². The third-order valence-electron chi connectivity index (χ3n) is 3.59. The normalized spacial score (nSPS) is 22.8. The van der Waals surface area contributed by atoms with E-state index < -0.39 is 11.2 Å². The molecule has 4 heteroatoms. The van der Waals surface area contributed by atoms with Gasteiger partial charge in [-0.15, -0.1) is 0 Å². The highest BCUT2D eigenvalue weighted by Crippen LogP contribution is 2.28. The standard InChI is InChI=1S/C16H20O3Si/c1-13(16(20)10-5-6-11-19-16)15(17)18-12-9-14-7-3-2-4-8-14/h2-4,7-9,12H,1,5-6,10-11H2,20H3. The molecule has 106 valence electrons. The van der Waals surface area contributed by atoms with Crippen LogP contribution in [0.3, 0.4) is 0 Å². The number of carbonyl (C=O) groups is 1. The highest BCUT2D eigenvalue weighted by molar-refractivity contribution is 6.20. The van der Waals surface area contributed by atoms with Crippen molar-refractivity contribution in [2.75, 3.05) is 6.61 Å². The van der Waals surface area contributed by atoms with Gasteiger partial charge in [-0.2, -0.15) is 0 Å². The molecule has 1 aliphatic rings. The molecular formula is C16H20O3Si. The van der Waals surface area contributed by atoms with Crippen molar-refractivity contribution in [3.8, 4) is 0 Å². The Morgan fingerprint density at radius 3 is 2.75 bits per heavy atom. The predicted molar refractivity (Wildman–Crippen MR) is 83.2 cm³/mol. The molecule has 1 aromatic carbocycles. The Balaban J connectivity index is 1.91. The van der Waals surface area contributed by atoms with Gasteiger partial charge in [-0.1, -0.05) is 36.9 Å². The molecule has 0 amide bonds. The maximum atomic E-state index is 12.0. The molecule has 20 heavy (non-hydrogen) atoms. The molecule has 0 saturated carbocycles. The average Bonchev–Trinajstić information content (AvgIpc) is 2.48. The number of benzene rings is 1. The number of rotatable bonds is 4. The van der Waals surface area contributed by atoms with E-state index in [1.807, 2.05) is 30.3 Å². The smallest absolute Gasteiger partial charge is 0.340 e. The summed E-state index contributed by atoms with van der Waals surface area (Å²) < 4.78 is 10.9. The number of carbonyl (C=O) groups excluding carboxylic acids is 1. The second-order valence-corrected chi connectivity index (χ2v) is 6.75. The minimum atomic E-state index is -0.448. The minimum Gasteiger partial charge on any atom is -0.431 e. The van der Waals surface area contributed by atoms with Crippen LogP contribution in [0.5, 0.6) is 0 Å². The van der Waals surface area contributed by atoms with Gasteiger partial charge in [0.2, 0.25) is 0 Å². The molecule has 1 unspecified atom stereocenters. The van der Waals surface area contributed by atoms with Crippen LogP contribution in [0.1, 0.15) is 24.8 Å². The van der Waals surface area contributed by atoms with Gasteiger partial charge in [-0.25, -0.2) is 4.79 Å². The summed E-state index contributed by atoms with van der Waals surface area (Å²) in [5, 5.41) is -0.448. The van der Waals surface area contributed by atoms with Gasteiger partial charge >= 0.3 is 5.97 Å². The van der Waals surface area contributed by atoms with Crippen LogP contribution in [0.4, 0.5) is 0 Å². The largest absolute Gasteiger partial charge is 0.431 e. The molecule has 0 spiro atoms. The van der Waals surface area contributed by atoms with Gasteiger partial charge in [-0.3, -0.25) is 0 Å². The maximum absolute atomic E-state index is 12.0. The Labute approximate surface area is 122 Å². The lowest BCUT2D eigenvalue weighted by Gasteiger charge is -2.34. The van der Waals surface area contributed by atoms with Crippen molar-refractivity contribution >= 4 is 22.3 Å². The summed E-state index contributed by atoms with van der Waals surface area (Å²) in [6.45, 7) is 4.58. The summed E-state index contributed by atoms with van der Waals surface area (Å²) in [6, 6.07) is 9.69. The van der Waals surface area contributed by atoms with E-state index in [0.29, 0.717) is 12.2 Å². The molecule has 3 nitrogen and oxygen atoms in total. The Hall–Kier alpha value is -1.65. The fraction of sp³-hybridized carbons (Fsp3) is 0.312. The van der Waals surface area contributed by atoms with Gasteiger partial charge in [0.15, 0.2) is 0 Å². The number of ether oxygens (including phenoxy) is 2. The molecule has 1 saturated heterocycles. The zero-order chi connectivity index (χ0) is 14.4. The van der Waals surface area contributed by atoms with Crippen LogP contribution in [-0.4, -0.2) is 28.0 Å². The van der Waals surface area contributed by atoms with E-state index in [9.17, 15) is 4.79 Å². The first-order chi connectivity index (χ1) is 9.62. The molecule has 1 fully saturated rings. The van der Waals surface area contributed by atoms with Crippen LogP contribution in [0.25, 0.3) is 6.08 Å². The first-order valence-electron chi connectivity index (χ1n) is 6.88. The molecular weight excluding hydrogens is 268 g/mol. The van der Waals surface area contributed by atoms with Crippen LogP contribution >= 0.6 is 0 Å². The number of esters is 1. The third-order valence-corrected chi connectivity index (χ3v) is 4.98. The SMILES string of the molecule is C=C(C(=O)OC=Cc1ccccc1)C1([SiH3])CCCCO1. The first kappa shape index (κ1) is 14.7. The van der Waals surface area contributed by atoms with Crippen molar-refractivity contribution in [1.29, 1.82) is 0 Å². The van der Waals surface area contributed by atoms with Crippen LogP contribution in [0.15, 0.2) is 48.7 Å².